The third-order valence-corrected chi connectivity index (χ3v) is 6.07. The van der Waals surface area contributed by atoms with Crippen molar-refractivity contribution in [2.75, 3.05) is 7.05 Å². The van der Waals surface area contributed by atoms with Gasteiger partial charge in [-0.2, -0.15) is 0 Å². The number of hydrogen-bond donors (Lipinski definition) is 1. The minimum absolute atomic E-state index is 0.560. The van der Waals surface area contributed by atoms with E-state index in [0.29, 0.717) is 11.0 Å². The topological polar surface area (TPSA) is 12.0 Å². The van der Waals surface area contributed by atoms with E-state index in [9.17, 15) is 0 Å². The summed E-state index contributed by atoms with van der Waals surface area (Å²) in [5, 5.41) is 3.76. The second kappa shape index (κ2) is 2.75. The van der Waals surface area contributed by atoms with Crippen molar-refractivity contribution in [1.29, 1.82) is 0 Å². The van der Waals surface area contributed by atoms with Gasteiger partial charge in [-0.05, 0) is 62.8 Å². The lowest BCUT2D eigenvalue weighted by atomic mass is 9.61. The van der Waals surface area contributed by atoms with Gasteiger partial charge in [0.05, 0.1) is 0 Å². The molecule has 4 unspecified atom stereocenters. The zero-order chi connectivity index (χ0) is 9.81. The van der Waals surface area contributed by atoms with E-state index >= 15 is 0 Å². The fourth-order valence-electron chi connectivity index (χ4n) is 5.62. The largest absolute Gasteiger partial charge is 0.313 e. The van der Waals surface area contributed by atoms with E-state index in [-0.39, 0.29) is 0 Å². The molecule has 0 aliphatic heterocycles. The molecule has 0 aromatic heterocycles. The molecular weight excluding hydrogens is 170 g/mol. The number of hydrogen-bond acceptors (Lipinski definition) is 1. The molecule has 3 aliphatic rings. The monoisotopic (exact) mass is 193 g/mol. The number of fused-ring (bicyclic) bond motifs is 5. The predicted molar refractivity (Wildman–Crippen MR) is 59.2 cm³/mol. The lowest BCUT2D eigenvalue weighted by molar-refractivity contribution is 0.0501. The van der Waals surface area contributed by atoms with E-state index in [4.69, 9.17) is 0 Å². The Labute approximate surface area is 87.7 Å². The molecule has 1 N–H and O–H groups in total. The highest BCUT2D eigenvalue weighted by molar-refractivity contribution is 5.21. The van der Waals surface area contributed by atoms with Gasteiger partial charge in [0.1, 0.15) is 0 Å². The van der Waals surface area contributed by atoms with Crippen LogP contribution in [0.5, 0.6) is 0 Å². The van der Waals surface area contributed by atoms with Gasteiger partial charge in [0.25, 0.3) is 0 Å². The summed E-state index contributed by atoms with van der Waals surface area (Å²) >= 11 is 0. The highest BCUT2D eigenvalue weighted by Gasteiger charge is 2.67. The zero-order valence-corrected chi connectivity index (χ0v) is 9.60. The lowest BCUT2D eigenvalue weighted by Gasteiger charge is -2.49. The van der Waals surface area contributed by atoms with Crippen LogP contribution < -0.4 is 5.32 Å². The second-order valence-electron chi connectivity index (χ2n) is 5.79. The first-order valence-corrected chi connectivity index (χ1v) is 6.48. The Bertz CT molecular complexity index is 226. The van der Waals surface area contributed by atoms with Gasteiger partial charge in [-0.15, -0.1) is 0 Å². The van der Waals surface area contributed by atoms with Crippen molar-refractivity contribution in [2.45, 2.75) is 57.4 Å². The maximum Gasteiger partial charge on any atom is 0.0265 e. The molecule has 3 saturated carbocycles. The van der Waals surface area contributed by atoms with E-state index in [1.54, 1.807) is 0 Å². The molecule has 0 heterocycles. The molecule has 3 rings (SSSR count). The van der Waals surface area contributed by atoms with Crippen molar-refractivity contribution in [3.63, 3.8) is 0 Å². The summed E-state index contributed by atoms with van der Waals surface area (Å²) < 4.78 is 0. The minimum Gasteiger partial charge on any atom is -0.313 e. The summed E-state index contributed by atoms with van der Waals surface area (Å²) in [4.78, 5) is 0. The Hall–Kier alpha value is -0.0400. The summed E-state index contributed by atoms with van der Waals surface area (Å²) in [5.41, 5.74) is 1.26. The quantitative estimate of drug-likeness (QED) is 0.711. The van der Waals surface area contributed by atoms with Crippen LogP contribution in [0.4, 0.5) is 0 Å². The molecule has 1 nitrogen and oxygen atoms in total. The van der Waals surface area contributed by atoms with Crippen LogP contribution in [0.1, 0.15) is 51.9 Å². The predicted octanol–water partition coefficient (Wildman–Crippen LogP) is 2.95. The molecule has 4 atom stereocenters. The van der Waals surface area contributed by atoms with E-state index in [1.165, 1.54) is 44.9 Å². The molecule has 0 saturated heterocycles. The van der Waals surface area contributed by atoms with Crippen molar-refractivity contribution >= 4 is 0 Å². The first-order chi connectivity index (χ1) is 6.79. The lowest BCUT2D eigenvalue weighted by Crippen LogP contribution is -2.57. The summed E-state index contributed by atoms with van der Waals surface area (Å²) in [7, 11) is 2.22. The van der Waals surface area contributed by atoms with Crippen LogP contribution in [0.3, 0.4) is 0 Å². The number of nitrogens with one attached hydrogen (secondary N) is 1. The summed E-state index contributed by atoms with van der Waals surface area (Å²) in [6, 6.07) is 0. The third kappa shape index (κ3) is 0.743. The van der Waals surface area contributed by atoms with Gasteiger partial charge < -0.3 is 5.32 Å². The van der Waals surface area contributed by atoms with E-state index in [0.717, 1.165) is 11.8 Å². The fourth-order valence-corrected chi connectivity index (χ4v) is 5.62. The van der Waals surface area contributed by atoms with Crippen LogP contribution in [0.25, 0.3) is 0 Å². The van der Waals surface area contributed by atoms with Gasteiger partial charge in [-0.1, -0.05) is 13.3 Å². The molecule has 0 radical (unpaired) electrons. The molecule has 0 aromatic rings. The van der Waals surface area contributed by atoms with Crippen molar-refractivity contribution in [2.24, 2.45) is 17.3 Å². The van der Waals surface area contributed by atoms with Gasteiger partial charge >= 0.3 is 0 Å². The Morgan fingerprint density at radius 1 is 1.21 bits per heavy atom. The smallest absolute Gasteiger partial charge is 0.0265 e. The highest BCUT2D eigenvalue weighted by atomic mass is 15.0. The molecular formula is C13H23N. The van der Waals surface area contributed by atoms with Gasteiger partial charge in [-0.3, -0.25) is 0 Å². The molecule has 3 aliphatic carbocycles. The van der Waals surface area contributed by atoms with Crippen LogP contribution in [0.15, 0.2) is 0 Å². The average Bonchev–Trinajstić information content (AvgIpc) is 2.88. The molecule has 0 amide bonds. The Balaban J connectivity index is 2.06. The Morgan fingerprint density at radius 2 is 2.00 bits per heavy atom. The molecule has 0 spiro atoms. The van der Waals surface area contributed by atoms with Gasteiger partial charge in [0.2, 0.25) is 0 Å². The Morgan fingerprint density at radius 3 is 2.64 bits per heavy atom. The molecule has 0 aromatic carbocycles. The molecule has 80 valence electrons. The van der Waals surface area contributed by atoms with Gasteiger partial charge in [0, 0.05) is 5.54 Å². The van der Waals surface area contributed by atoms with Crippen molar-refractivity contribution in [1.82, 2.24) is 5.32 Å². The number of rotatable bonds is 2. The van der Waals surface area contributed by atoms with E-state index in [1.807, 2.05) is 0 Å². The van der Waals surface area contributed by atoms with E-state index in [2.05, 4.69) is 19.3 Å². The normalized spacial score (nSPS) is 55.3. The second-order valence-corrected chi connectivity index (χ2v) is 5.79. The summed E-state index contributed by atoms with van der Waals surface area (Å²) in [5.74, 6) is 2.08. The van der Waals surface area contributed by atoms with E-state index < -0.39 is 0 Å². The van der Waals surface area contributed by atoms with Crippen LogP contribution >= 0.6 is 0 Å². The van der Waals surface area contributed by atoms with Crippen molar-refractivity contribution in [3.8, 4) is 0 Å². The van der Waals surface area contributed by atoms with Crippen LogP contribution in [-0.4, -0.2) is 12.6 Å². The third-order valence-electron chi connectivity index (χ3n) is 6.07. The standard InChI is InChI=1S/C13H23N/c1-3-12-7-4-8-13(12,14-2)11-6-5-10(12)9-11/h10-11,14H,3-9H2,1-2H3. The fraction of sp³-hybridized carbons (Fsp3) is 1.00. The maximum absolute atomic E-state index is 3.76. The molecule has 1 heteroatoms. The molecule has 14 heavy (non-hydrogen) atoms. The zero-order valence-electron chi connectivity index (χ0n) is 9.60. The molecule has 3 fully saturated rings. The maximum atomic E-state index is 3.76. The van der Waals surface area contributed by atoms with Crippen molar-refractivity contribution in [3.05, 3.63) is 0 Å². The first-order valence-electron chi connectivity index (χ1n) is 6.48. The van der Waals surface area contributed by atoms with Crippen LogP contribution in [0.2, 0.25) is 0 Å². The van der Waals surface area contributed by atoms with Crippen LogP contribution in [0, 0.1) is 17.3 Å². The van der Waals surface area contributed by atoms with Crippen molar-refractivity contribution < 1.29 is 0 Å². The van der Waals surface area contributed by atoms with Crippen LogP contribution in [-0.2, 0) is 0 Å². The minimum atomic E-state index is 0.560. The SMILES string of the molecule is CCC12CCCC1(NC)C1CCC2C1. The average molecular weight is 193 g/mol. The highest BCUT2D eigenvalue weighted by Crippen LogP contribution is 2.69. The summed E-state index contributed by atoms with van der Waals surface area (Å²) in [6.45, 7) is 2.43. The van der Waals surface area contributed by atoms with Gasteiger partial charge in [0.15, 0.2) is 0 Å². The molecule has 2 bridgehead atoms. The summed E-state index contributed by atoms with van der Waals surface area (Å²) in [6.07, 6.45) is 10.4. The Kier molecular flexibility index (Phi) is 1.81. The van der Waals surface area contributed by atoms with Gasteiger partial charge in [-0.25, -0.2) is 0 Å². The first kappa shape index (κ1) is 9.21.